The van der Waals surface area contributed by atoms with E-state index in [9.17, 15) is 53.7 Å². The first kappa shape index (κ1) is 62.4. The number of morpholine rings is 1. The lowest BCUT2D eigenvalue weighted by molar-refractivity contribution is -0.190. The number of amides is 5. The van der Waals surface area contributed by atoms with Crippen LogP contribution in [0.5, 0.6) is 17.2 Å². The number of nitrogens with zero attached hydrogens (tertiary/aromatic N) is 3. The molecular weight excluding hydrogens is 1070 g/mol. The highest BCUT2D eigenvalue weighted by atomic mass is 32.2. The number of thioether (sulfide) groups is 1. The molecule has 24 nitrogen and oxygen atoms in total. The number of pyridine rings is 1. The molecule has 25 heteroatoms. The largest absolute Gasteiger partial charge is 0.507 e. The van der Waals surface area contributed by atoms with Crippen LogP contribution in [0.25, 0.3) is 0 Å². The van der Waals surface area contributed by atoms with Crippen molar-refractivity contribution in [2.75, 3.05) is 85.3 Å². The summed E-state index contributed by atoms with van der Waals surface area (Å²) in [7, 11) is 4.72. The Morgan fingerprint density at radius 1 is 0.901 bits per heavy atom. The third kappa shape index (κ3) is 16.0. The van der Waals surface area contributed by atoms with Crippen LogP contribution in [0.1, 0.15) is 90.6 Å². The van der Waals surface area contributed by atoms with Gasteiger partial charge in [0.15, 0.2) is 12.1 Å². The number of hydrogen-bond donors (Lipinski definition) is 9. The van der Waals surface area contributed by atoms with Gasteiger partial charge in [0, 0.05) is 86.9 Å². The number of aliphatic hydroxyl groups is 1. The van der Waals surface area contributed by atoms with Crippen molar-refractivity contribution in [2.24, 2.45) is 5.92 Å². The Bertz CT molecular complexity index is 3010. The molecule has 5 atom stereocenters. The van der Waals surface area contributed by atoms with Gasteiger partial charge >= 0.3 is 0 Å². The van der Waals surface area contributed by atoms with E-state index < -0.39 is 41.3 Å². The van der Waals surface area contributed by atoms with Crippen molar-refractivity contribution in [2.45, 2.75) is 75.1 Å². The van der Waals surface area contributed by atoms with Gasteiger partial charge in [-0.2, -0.15) is 5.26 Å². The number of aliphatic hydroxyl groups excluding tert-OH is 1. The molecule has 432 valence electrons. The predicted octanol–water partition coefficient (Wildman–Crippen LogP) is 1.52. The van der Waals surface area contributed by atoms with Crippen LogP contribution in [0.15, 0.2) is 59.8 Å². The van der Waals surface area contributed by atoms with Crippen molar-refractivity contribution in [1.82, 2.24) is 36.5 Å². The number of nitrogens with one attached hydrogen (secondary N) is 6. The van der Waals surface area contributed by atoms with Crippen LogP contribution in [-0.2, 0) is 57.6 Å². The molecule has 0 saturated carbocycles. The van der Waals surface area contributed by atoms with Gasteiger partial charge in [-0.3, -0.25) is 38.5 Å². The fourth-order valence-corrected chi connectivity index (χ4v) is 10.1. The second-order valence-corrected chi connectivity index (χ2v) is 19.8. The molecule has 0 bridgehead atoms. The number of aromatic hydroxyl groups is 2. The van der Waals surface area contributed by atoms with E-state index in [1.807, 2.05) is 13.0 Å². The second-order valence-electron chi connectivity index (χ2n) is 19.0. The van der Waals surface area contributed by atoms with E-state index in [1.54, 1.807) is 56.8 Å². The number of benzene rings is 3. The molecule has 2 aliphatic heterocycles. The van der Waals surface area contributed by atoms with Crippen LogP contribution in [0.2, 0.25) is 0 Å². The molecule has 81 heavy (non-hydrogen) atoms. The number of carbonyl (C=O) groups is 8. The zero-order valence-corrected chi connectivity index (χ0v) is 46.4. The Kier molecular flexibility index (Phi) is 23.2. The number of carbonyl (C=O) groups excluding carboxylic acids is 8. The first-order valence-corrected chi connectivity index (χ1v) is 27.3. The summed E-state index contributed by atoms with van der Waals surface area (Å²) in [6, 6.07) is 15.3. The van der Waals surface area contributed by atoms with Gasteiger partial charge in [0.1, 0.15) is 34.6 Å². The molecule has 5 amide bonds. The van der Waals surface area contributed by atoms with Crippen molar-refractivity contribution >= 4 is 64.8 Å². The maximum absolute atomic E-state index is 13.4. The highest BCUT2D eigenvalue weighted by Gasteiger charge is 2.41. The number of aldehydes is 1. The summed E-state index contributed by atoms with van der Waals surface area (Å²) in [6.07, 6.45) is 4.62. The van der Waals surface area contributed by atoms with E-state index in [2.05, 4.69) is 41.8 Å². The molecule has 4 aliphatic rings. The number of anilines is 1. The van der Waals surface area contributed by atoms with Gasteiger partial charge in [-0.1, -0.05) is 24.3 Å². The minimum Gasteiger partial charge on any atom is -0.507 e. The lowest BCUT2D eigenvalue weighted by atomic mass is 9.75. The third-order valence-corrected chi connectivity index (χ3v) is 14.5. The normalized spacial score (nSPS) is 19.0. The third-order valence-electron chi connectivity index (χ3n) is 13.8. The number of methoxy groups -OCH3 is 2. The molecule has 0 radical (unpaired) electrons. The highest BCUT2D eigenvalue weighted by Crippen LogP contribution is 2.47. The fourth-order valence-electron chi connectivity index (χ4n) is 9.57. The van der Waals surface area contributed by atoms with Crippen LogP contribution in [-0.4, -0.2) is 177 Å². The molecule has 1 aromatic heterocycles. The summed E-state index contributed by atoms with van der Waals surface area (Å²) in [5.41, 5.74) is 2.35. The van der Waals surface area contributed by atoms with Gasteiger partial charge in [0.05, 0.1) is 73.4 Å². The zero-order chi connectivity index (χ0) is 58.8. The number of phenolic OH excluding ortho intramolecular Hbond substituents is 2. The molecule has 4 aromatic rings. The molecule has 5 unspecified atom stereocenters. The van der Waals surface area contributed by atoms with E-state index >= 15 is 0 Å². The van der Waals surface area contributed by atoms with Crippen molar-refractivity contribution in [3.8, 4) is 23.3 Å². The molecule has 8 rings (SSSR count). The molecule has 0 spiro atoms. The van der Waals surface area contributed by atoms with Crippen molar-refractivity contribution in [3.63, 3.8) is 0 Å². The Morgan fingerprint density at radius 3 is 2.33 bits per heavy atom. The van der Waals surface area contributed by atoms with Gasteiger partial charge in [0.25, 0.3) is 5.91 Å². The highest BCUT2D eigenvalue weighted by molar-refractivity contribution is 7.98. The maximum atomic E-state index is 13.4. The number of rotatable bonds is 18. The number of hydrogen-bond acceptors (Lipinski definition) is 20. The van der Waals surface area contributed by atoms with Gasteiger partial charge in [-0.05, 0) is 75.7 Å². The van der Waals surface area contributed by atoms with Crippen LogP contribution in [0, 0.1) is 17.2 Å². The standard InChI is InChI=1S/C30H29N3O7.C15H17N5O4S.C11H21NO4/c1-31-14-22(34)33-17-9-6-15(7-10-17)13-32-30(39)16-8-11-18-20(12-16)28(37)24-25(26(18)35)29(38)23-19(27(24)36)4-3-5-21(23)40-2;1-25-15-10(7-16)6-11(8-20-15)14(24)18-3-2-12(22)19-9-13(23)17-4-5-21;1-8-11(13)9(3-5-15-8)12-4-6-16-10(7-12)14-2/h3-7,9-10,16,31,35,37H,8,11-14H2,1-2H3,(H,32,39)(H,33,34);5-6,8H,2-4,9H2,1H3,(H,17,23)(H,18,24)(H,19,22);8-11,13H,3-7H2,1-2H3. The van der Waals surface area contributed by atoms with Crippen LogP contribution in [0.3, 0.4) is 0 Å². The zero-order valence-electron chi connectivity index (χ0n) is 45.6. The summed E-state index contributed by atoms with van der Waals surface area (Å²) < 4.78 is 21.3. The van der Waals surface area contributed by atoms with E-state index in [4.69, 9.17) is 24.2 Å². The molecule has 3 aromatic carbocycles. The summed E-state index contributed by atoms with van der Waals surface area (Å²) in [5.74, 6) is -3.92. The molecule has 9 N–H and O–H groups in total. The topological polar surface area (TPSA) is 346 Å². The predicted molar refractivity (Wildman–Crippen MR) is 294 cm³/mol. The first-order chi connectivity index (χ1) is 39.0. The van der Waals surface area contributed by atoms with E-state index in [-0.39, 0.29) is 127 Å². The average molecular weight is 1140 g/mol. The molecular formula is C56H67N9O15S. The molecule has 2 fully saturated rings. The van der Waals surface area contributed by atoms with Crippen molar-refractivity contribution < 1.29 is 72.6 Å². The monoisotopic (exact) mass is 1140 g/mol. The second kappa shape index (κ2) is 30.1. The van der Waals surface area contributed by atoms with Crippen LogP contribution >= 0.6 is 11.8 Å². The lowest BCUT2D eigenvalue weighted by Gasteiger charge is -2.43. The summed E-state index contributed by atoms with van der Waals surface area (Å²) in [6.45, 7) is 5.06. The number of fused-ring (bicyclic) bond motifs is 3. The Hall–Kier alpha value is -7.83. The number of phenols is 2. The summed E-state index contributed by atoms with van der Waals surface area (Å²) in [5, 5.41) is 57.6. The Balaban J connectivity index is 0.000000219. The van der Waals surface area contributed by atoms with Gasteiger partial charge in [0.2, 0.25) is 29.4 Å². The molecule has 2 saturated heterocycles. The van der Waals surface area contributed by atoms with E-state index in [0.29, 0.717) is 46.7 Å². The smallest absolute Gasteiger partial charge is 0.252 e. The SMILES string of the molecule is CNCC(=O)Nc1ccc(CNC(=O)C2CCc3c(O)c4c(c(O)c3C2)C(=O)c2cccc(OC)c2C4=O)cc1.COC1CN(C2CCOC(C)C2O)CCO1.CSc1ncc(C(=O)NCCC(=O)NCC(=O)NCC=O)cc1C#N. The number of likely N-dealkylation sites (N-methyl/N-ethyl adjacent to an activating group) is 1. The average Bonchev–Trinajstić information content (AvgIpc) is 2.43. The van der Waals surface area contributed by atoms with Gasteiger partial charge < -0.3 is 71.0 Å². The van der Waals surface area contributed by atoms with Crippen LogP contribution < -0.4 is 36.6 Å². The minimum absolute atomic E-state index is 0.0197. The van der Waals surface area contributed by atoms with E-state index in [1.165, 1.54) is 37.2 Å². The number of aromatic nitrogens is 1. The van der Waals surface area contributed by atoms with Crippen LogP contribution in [0.4, 0.5) is 5.69 Å². The number of ketones is 2. The van der Waals surface area contributed by atoms with Crippen molar-refractivity contribution in [3.05, 3.63) is 105 Å². The summed E-state index contributed by atoms with van der Waals surface area (Å²) in [4.78, 5) is 103. The fraction of sp³-hybridized carbons (Fsp3) is 0.429. The first-order valence-electron chi connectivity index (χ1n) is 26.0. The summed E-state index contributed by atoms with van der Waals surface area (Å²) >= 11 is 1.30. The quantitative estimate of drug-likeness (QED) is 0.0341. The molecule has 2 aliphatic carbocycles. The lowest BCUT2D eigenvalue weighted by Crippen LogP contribution is -2.57. The Morgan fingerprint density at radius 2 is 1.64 bits per heavy atom. The Labute approximate surface area is 472 Å². The van der Waals surface area contributed by atoms with Gasteiger partial charge in [-0.25, -0.2) is 4.98 Å². The maximum Gasteiger partial charge on any atom is 0.252 e. The van der Waals surface area contributed by atoms with Crippen molar-refractivity contribution in [1.29, 1.82) is 5.26 Å². The minimum atomic E-state index is -0.592. The molecule has 3 heterocycles. The van der Waals surface area contributed by atoms with E-state index in [0.717, 1.165) is 31.7 Å². The number of nitriles is 1. The van der Waals surface area contributed by atoms with Gasteiger partial charge in [-0.15, -0.1) is 11.8 Å². The number of ether oxygens (including phenoxy) is 4.